The number of fused-ring (bicyclic) bond motifs is 4. The fourth-order valence-corrected chi connectivity index (χ4v) is 8.09. The summed E-state index contributed by atoms with van der Waals surface area (Å²) >= 11 is 0. The molecule has 6 atom stereocenters. The second-order valence-corrected chi connectivity index (χ2v) is 11.1. The van der Waals surface area contributed by atoms with Crippen LogP contribution in [-0.2, 0) is 9.59 Å². The Labute approximate surface area is 197 Å². The van der Waals surface area contributed by atoms with Gasteiger partial charge in [-0.05, 0) is 104 Å². The van der Waals surface area contributed by atoms with E-state index in [1.807, 2.05) is 25.1 Å². The molecule has 33 heavy (non-hydrogen) atoms. The molecule has 0 heterocycles. The maximum atomic E-state index is 13.2. The monoisotopic (exact) mass is 441 g/mol. The van der Waals surface area contributed by atoms with Crippen LogP contribution in [0.3, 0.4) is 0 Å². The van der Waals surface area contributed by atoms with Crippen molar-refractivity contribution in [3.63, 3.8) is 0 Å². The number of hydrogen-bond donors (Lipinski definition) is 1. The van der Waals surface area contributed by atoms with Crippen molar-refractivity contribution < 1.29 is 9.59 Å². The summed E-state index contributed by atoms with van der Waals surface area (Å²) in [6, 6.07) is 8.32. The van der Waals surface area contributed by atoms with Crippen molar-refractivity contribution in [1.82, 2.24) is 0 Å². The van der Waals surface area contributed by atoms with Crippen molar-refractivity contribution in [2.75, 3.05) is 5.73 Å². The summed E-state index contributed by atoms with van der Waals surface area (Å²) in [6.45, 7) is 8.25. The Morgan fingerprint density at radius 1 is 1.18 bits per heavy atom. The van der Waals surface area contributed by atoms with Crippen molar-refractivity contribution in [2.45, 2.75) is 72.1 Å². The fourth-order valence-electron chi connectivity index (χ4n) is 8.09. The smallest absolute Gasteiger partial charge is 0.156 e. The van der Waals surface area contributed by atoms with Crippen molar-refractivity contribution in [2.24, 2.45) is 28.6 Å². The molecule has 0 amide bonds. The Hall–Kier alpha value is -2.60. The van der Waals surface area contributed by atoms with Crippen LogP contribution in [-0.4, -0.2) is 11.6 Å². The van der Waals surface area contributed by atoms with E-state index in [9.17, 15) is 9.59 Å². The quantitative estimate of drug-likeness (QED) is 0.451. The molecular formula is C30H35NO2. The normalized spacial score (nSPS) is 37.3. The number of hydrogen-bond acceptors (Lipinski definition) is 3. The summed E-state index contributed by atoms with van der Waals surface area (Å²) in [7, 11) is 0. The minimum absolute atomic E-state index is 0.173. The highest BCUT2D eigenvalue weighted by atomic mass is 16.1. The van der Waals surface area contributed by atoms with Crippen LogP contribution in [0.1, 0.15) is 77.7 Å². The predicted octanol–water partition coefficient (Wildman–Crippen LogP) is 6.01. The Morgan fingerprint density at radius 2 is 1.91 bits per heavy atom. The van der Waals surface area contributed by atoms with Crippen LogP contribution in [0.5, 0.6) is 0 Å². The lowest BCUT2D eigenvalue weighted by molar-refractivity contribution is -0.130. The summed E-state index contributed by atoms with van der Waals surface area (Å²) < 4.78 is 0. The highest BCUT2D eigenvalue weighted by Crippen LogP contribution is 2.70. The molecule has 0 saturated heterocycles. The second kappa shape index (κ2) is 7.73. The molecule has 0 aliphatic heterocycles. The van der Waals surface area contributed by atoms with Crippen LogP contribution in [0.2, 0.25) is 0 Å². The van der Waals surface area contributed by atoms with Crippen LogP contribution >= 0.6 is 0 Å². The standard InChI is InChI=1S/C30H35NO2/c1-5-13-30(19(3)32)14-12-27-25-15-18(2)24-16-22(33)10-11-23(24)28(25)26(17-29(27,30)4)20-6-8-21(31)9-7-20/h6-9,16,18,25-27H,10-12,14-15,17,31H2,1-4H3/t18?,25-,26+,27-,29-,30+/m0/s1. The molecule has 0 radical (unpaired) electrons. The van der Waals surface area contributed by atoms with E-state index in [-0.39, 0.29) is 22.9 Å². The van der Waals surface area contributed by atoms with Crippen molar-refractivity contribution in [3.8, 4) is 11.8 Å². The predicted molar refractivity (Wildman–Crippen MR) is 132 cm³/mol. The average molecular weight is 442 g/mol. The van der Waals surface area contributed by atoms with E-state index in [1.54, 1.807) is 12.5 Å². The Morgan fingerprint density at radius 3 is 2.58 bits per heavy atom. The van der Waals surface area contributed by atoms with Crippen LogP contribution in [0.4, 0.5) is 5.69 Å². The molecule has 1 aromatic rings. The molecule has 1 unspecified atom stereocenters. The van der Waals surface area contributed by atoms with Crippen LogP contribution in [0, 0.1) is 40.4 Å². The number of anilines is 1. The first kappa shape index (κ1) is 22.2. The van der Waals surface area contributed by atoms with Gasteiger partial charge in [0.05, 0.1) is 5.41 Å². The van der Waals surface area contributed by atoms with Gasteiger partial charge in [0.25, 0.3) is 0 Å². The number of rotatable bonds is 2. The number of carbonyl (C=O) groups is 2. The number of Topliss-reactive ketones (excluding diaryl/α,β-unsaturated/α-hetero) is 1. The largest absolute Gasteiger partial charge is 0.399 e. The molecule has 3 nitrogen and oxygen atoms in total. The van der Waals surface area contributed by atoms with Gasteiger partial charge < -0.3 is 5.73 Å². The van der Waals surface area contributed by atoms with Crippen LogP contribution < -0.4 is 5.73 Å². The molecule has 0 bridgehead atoms. The van der Waals surface area contributed by atoms with E-state index < -0.39 is 5.41 Å². The van der Waals surface area contributed by atoms with Crippen LogP contribution in [0.15, 0.2) is 47.1 Å². The van der Waals surface area contributed by atoms with Gasteiger partial charge in [-0.1, -0.05) is 37.5 Å². The minimum Gasteiger partial charge on any atom is -0.399 e. The molecule has 0 spiro atoms. The van der Waals surface area contributed by atoms with Gasteiger partial charge in [-0.25, -0.2) is 0 Å². The maximum Gasteiger partial charge on any atom is 0.156 e. The lowest BCUT2D eigenvalue weighted by Crippen LogP contribution is -2.50. The highest BCUT2D eigenvalue weighted by Gasteiger charge is 2.65. The zero-order valence-electron chi connectivity index (χ0n) is 20.3. The molecular weight excluding hydrogens is 406 g/mol. The third-order valence-electron chi connectivity index (χ3n) is 9.56. The SMILES string of the molecule is CC#C[C@]1(C(C)=O)CC[C@H]2[C@@H]3CC(C)C4=CC(=O)CCC4=C3[C@@H](c3ccc(N)cc3)C[C@@]21C. The molecule has 1 aromatic carbocycles. The molecule has 3 heteroatoms. The third kappa shape index (κ3) is 3.10. The van der Waals surface area contributed by atoms with Gasteiger partial charge in [0.15, 0.2) is 5.78 Å². The fraction of sp³-hybridized carbons (Fsp3) is 0.533. The highest BCUT2D eigenvalue weighted by molar-refractivity contribution is 5.93. The number of benzene rings is 1. The molecule has 2 saturated carbocycles. The van der Waals surface area contributed by atoms with Crippen molar-refractivity contribution in [3.05, 3.63) is 52.6 Å². The van der Waals surface area contributed by atoms with E-state index in [0.29, 0.717) is 24.2 Å². The Kier molecular flexibility index (Phi) is 5.20. The third-order valence-corrected chi connectivity index (χ3v) is 9.56. The number of carbonyl (C=O) groups excluding carboxylic acids is 2. The lowest BCUT2D eigenvalue weighted by Gasteiger charge is -2.55. The molecule has 0 aromatic heterocycles. The zero-order chi connectivity index (χ0) is 23.5. The summed E-state index contributed by atoms with van der Waals surface area (Å²) in [4.78, 5) is 25.5. The number of allylic oxidation sites excluding steroid dienone is 4. The van der Waals surface area contributed by atoms with Gasteiger partial charge in [-0.15, -0.1) is 5.92 Å². The van der Waals surface area contributed by atoms with E-state index in [1.165, 1.54) is 16.7 Å². The lowest BCUT2D eigenvalue weighted by atomic mass is 9.47. The van der Waals surface area contributed by atoms with E-state index in [4.69, 9.17) is 5.73 Å². The van der Waals surface area contributed by atoms with Gasteiger partial charge in [0, 0.05) is 18.0 Å². The molecule has 2 N–H and O–H groups in total. The van der Waals surface area contributed by atoms with Gasteiger partial charge in [-0.2, -0.15) is 0 Å². The van der Waals surface area contributed by atoms with Gasteiger partial charge in [-0.3, -0.25) is 9.59 Å². The number of ketones is 2. The van der Waals surface area contributed by atoms with E-state index in [0.717, 1.165) is 37.8 Å². The van der Waals surface area contributed by atoms with E-state index >= 15 is 0 Å². The van der Waals surface area contributed by atoms with Crippen molar-refractivity contribution in [1.29, 1.82) is 0 Å². The summed E-state index contributed by atoms with van der Waals surface area (Å²) in [5.41, 5.74) is 11.6. The maximum absolute atomic E-state index is 13.2. The van der Waals surface area contributed by atoms with Gasteiger partial charge >= 0.3 is 0 Å². The summed E-state index contributed by atoms with van der Waals surface area (Å²) in [5.74, 6) is 8.55. The summed E-state index contributed by atoms with van der Waals surface area (Å²) in [5, 5.41) is 0. The van der Waals surface area contributed by atoms with E-state index in [2.05, 4.69) is 37.8 Å². The first-order chi connectivity index (χ1) is 15.7. The molecule has 2 fully saturated rings. The number of nitrogen functional groups attached to an aromatic ring is 1. The van der Waals surface area contributed by atoms with Gasteiger partial charge in [0.1, 0.15) is 5.78 Å². The second-order valence-electron chi connectivity index (χ2n) is 11.1. The molecule has 172 valence electrons. The molecule has 4 aliphatic carbocycles. The van der Waals surface area contributed by atoms with Crippen LogP contribution in [0.25, 0.3) is 0 Å². The first-order valence-corrected chi connectivity index (χ1v) is 12.5. The molecule has 4 aliphatic rings. The van der Waals surface area contributed by atoms with Gasteiger partial charge in [0.2, 0.25) is 0 Å². The topological polar surface area (TPSA) is 60.2 Å². The molecule has 5 rings (SSSR count). The van der Waals surface area contributed by atoms with Crippen molar-refractivity contribution >= 4 is 17.3 Å². The Balaban J connectivity index is 1.74. The first-order valence-electron chi connectivity index (χ1n) is 12.5. The minimum atomic E-state index is -0.573. The zero-order valence-corrected chi connectivity index (χ0v) is 20.3. The Bertz CT molecular complexity index is 1140. The number of nitrogens with two attached hydrogens (primary N) is 1. The average Bonchev–Trinajstić information content (AvgIpc) is 3.08. The summed E-state index contributed by atoms with van der Waals surface area (Å²) in [6.07, 6.45) is 7.26.